The van der Waals surface area contributed by atoms with Gasteiger partial charge in [0.15, 0.2) is 0 Å². The fourth-order valence-corrected chi connectivity index (χ4v) is 2.11. The van der Waals surface area contributed by atoms with Crippen molar-refractivity contribution in [3.63, 3.8) is 0 Å². The zero-order valence-corrected chi connectivity index (χ0v) is 15.5. The highest BCUT2D eigenvalue weighted by atomic mass is 16.3. The Kier molecular flexibility index (Phi) is 15.1. The molecule has 0 fully saturated rings. The first kappa shape index (κ1) is 22.5. The lowest BCUT2D eigenvalue weighted by molar-refractivity contribution is 0.0680. The van der Waals surface area contributed by atoms with Gasteiger partial charge in [0.05, 0.1) is 5.60 Å². The molecule has 0 aliphatic carbocycles. The molecule has 0 unspecified atom stereocenters. The summed E-state index contributed by atoms with van der Waals surface area (Å²) in [7, 11) is 0. The summed E-state index contributed by atoms with van der Waals surface area (Å²) in [5.41, 5.74) is 2.31. The van der Waals surface area contributed by atoms with Crippen LogP contribution >= 0.6 is 0 Å². The fourth-order valence-electron chi connectivity index (χ4n) is 2.11. The molecule has 21 heavy (non-hydrogen) atoms. The molecule has 0 amide bonds. The lowest BCUT2D eigenvalue weighted by Crippen LogP contribution is -2.17. The van der Waals surface area contributed by atoms with Gasteiger partial charge in [-0.1, -0.05) is 76.8 Å². The highest BCUT2D eigenvalue weighted by Gasteiger charge is 2.10. The van der Waals surface area contributed by atoms with Gasteiger partial charge in [-0.15, -0.1) is 0 Å². The second kappa shape index (κ2) is 14.1. The second-order valence-corrected chi connectivity index (χ2v) is 5.72. The molecule has 0 heterocycles. The van der Waals surface area contributed by atoms with E-state index in [1.165, 1.54) is 36.8 Å². The topological polar surface area (TPSA) is 20.2 Å². The third-order valence-corrected chi connectivity index (χ3v) is 3.09. The molecule has 0 radical (unpaired) electrons. The van der Waals surface area contributed by atoms with Crippen molar-refractivity contribution in [2.75, 3.05) is 0 Å². The largest absolute Gasteiger partial charge is 0.390 e. The predicted molar refractivity (Wildman–Crippen MR) is 97.0 cm³/mol. The first-order valence-electron chi connectivity index (χ1n) is 8.75. The van der Waals surface area contributed by atoms with Crippen LogP contribution in [0.15, 0.2) is 24.3 Å². The average molecular weight is 295 g/mol. The van der Waals surface area contributed by atoms with Crippen LogP contribution in [0.1, 0.15) is 84.8 Å². The van der Waals surface area contributed by atoms with E-state index in [2.05, 4.69) is 31.2 Å². The Bertz CT molecular complexity index is 323. The number of benzene rings is 1. The van der Waals surface area contributed by atoms with E-state index < -0.39 is 5.60 Å². The zero-order valence-electron chi connectivity index (χ0n) is 15.5. The summed E-state index contributed by atoms with van der Waals surface area (Å²) in [5, 5.41) is 9.58. The van der Waals surface area contributed by atoms with Gasteiger partial charge >= 0.3 is 0 Å². The Labute approximate surface area is 133 Å². The molecule has 0 aliphatic rings. The van der Waals surface area contributed by atoms with Crippen LogP contribution in [-0.2, 0) is 6.42 Å². The summed E-state index contributed by atoms with van der Waals surface area (Å²) in [6.45, 7) is 13.9. The van der Waals surface area contributed by atoms with Gasteiger partial charge < -0.3 is 5.11 Å². The Balaban J connectivity index is 0. The van der Waals surface area contributed by atoms with Crippen LogP contribution in [0, 0.1) is 6.92 Å². The number of rotatable bonds is 7. The maximum atomic E-state index is 9.58. The van der Waals surface area contributed by atoms with Crippen molar-refractivity contribution in [2.45, 2.75) is 92.6 Å². The smallest absolute Gasteiger partial charge is 0.0591 e. The first-order valence-corrected chi connectivity index (χ1v) is 8.75. The molecule has 0 saturated heterocycles. The van der Waals surface area contributed by atoms with Gasteiger partial charge in [0.2, 0.25) is 0 Å². The molecule has 0 bridgehead atoms. The molecule has 0 saturated carbocycles. The second-order valence-electron chi connectivity index (χ2n) is 5.72. The zero-order chi connectivity index (χ0) is 16.7. The Morgan fingerprint density at radius 2 is 1.48 bits per heavy atom. The van der Waals surface area contributed by atoms with Gasteiger partial charge in [0.1, 0.15) is 0 Å². The normalized spacial score (nSPS) is 10.1. The molecule has 124 valence electrons. The first-order chi connectivity index (χ1) is 9.97. The van der Waals surface area contributed by atoms with E-state index in [1.54, 1.807) is 0 Å². The van der Waals surface area contributed by atoms with Gasteiger partial charge in [-0.2, -0.15) is 0 Å². The third-order valence-electron chi connectivity index (χ3n) is 3.09. The Morgan fingerprint density at radius 3 is 2.00 bits per heavy atom. The van der Waals surface area contributed by atoms with Gasteiger partial charge in [0, 0.05) is 0 Å². The minimum atomic E-state index is -0.490. The van der Waals surface area contributed by atoms with Crippen molar-refractivity contribution in [3.8, 4) is 0 Å². The van der Waals surface area contributed by atoms with Crippen LogP contribution in [-0.4, -0.2) is 10.7 Å². The molecule has 0 aliphatic heterocycles. The van der Waals surface area contributed by atoms with E-state index in [0.29, 0.717) is 0 Å². The van der Waals surface area contributed by atoms with E-state index in [4.69, 9.17) is 0 Å². The predicted octanol–water partition coefficient (Wildman–Crippen LogP) is 6.31. The van der Waals surface area contributed by atoms with Crippen molar-refractivity contribution in [1.82, 2.24) is 0 Å². The minimum absolute atomic E-state index is 0.490. The average Bonchev–Trinajstić information content (AvgIpc) is 2.46. The van der Waals surface area contributed by atoms with Crippen molar-refractivity contribution in [2.24, 2.45) is 0 Å². The molecule has 1 aromatic rings. The van der Waals surface area contributed by atoms with E-state index in [0.717, 1.165) is 12.8 Å². The van der Waals surface area contributed by atoms with Gasteiger partial charge in [-0.05, 0) is 45.6 Å². The molecule has 1 nitrogen and oxygen atoms in total. The van der Waals surface area contributed by atoms with Crippen molar-refractivity contribution < 1.29 is 5.11 Å². The SMILES string of the molecule is CC.CC.Cc1cccc(CCCCCCC(C)(C)O)c1. The summed E-state index contributed by atoms with van der Waals surface area (Å²) in [6, 6.07) is 8.77. The van der Waals surface area contributed by atoms with E-state index in [-0.39, 0.29) is 0 Å². The molecular formula is C20H38O. The summed E-state index contributed by atoms with van der Waals surface area (Å²) < 4.78 is 0. The molecule has 0 atom stereocenters. The standard InChI is InChI=1S/C16H26O.2C2H6/c1-14-9-8-11-15(13-14)10-6-4-5-7-12-16(2,3)17;2*1-2/h8-9,11,13,17H,4-7,10,12H2,1-3H3;2*1-2H3. The van der Waals surface area contributed by atoms with E-state index >= 15 is 0 Å². The maximum absolute atomic E-state index is 9.58. The van der Waals surface area contributed by atoms with Crippen molar-refractivity contribution in [1.29, 1.82) is 0 Å². The molecule has 1 rings (SSSR count). The number of hydrogen-bond donors (Lipinski definition) is 1. The Hall–Kier alpha value is -0.820. The van der Waals surface area contributed by atoms with Crippen molar-refractivity contribution in [3.05, 3.63) is 35.4 Å². The van der Waals surface area contributed by atoms with Gasteiger partial charge in [0.25, 0.3) is 0 Å². The van der Waals surface area contributed by atoms with Crippen LogP contribution < -0.4 is 0 Å². The summed E-state index contributed by atoms with van der Waals surface area (Å²) in [4.78, 5) is 0. The van der Waals surface area contributed by atoms with Crippen molar-refractivity contribution >= 4 is 0 Å². The number of hydrogen-bond acceptors (Lipinski definition) is 1. The highest BCUT2D eigenvalue weighted by Crippen LogP contribution is 2.15. The van der Waals surface area contributed by atoms with Crippen LogP contribution in [0.5, 0.6) is 0 Å². The Morgan fingerprint density at radius 1 is 0.905 bits per heavy atom. The maximum Gasteiger partial charge on any atom is 0.0591 e. The quantitative estimate of drug-likeness (QED) is 0.584. The van der Waals surface area contributed by atoms with Crippen LogP contribution in [0.4, 0.5) is 0 Å². The summed E-state index contributed by atoms with van der Waals surface area (Å²) >= 11 is 0. The fraction of sp³-hybridized carbons (Fsp3) is 0.700. The molecule has 0 aromatic heterocycles. The van der Waals surface area contributed by atoms with Gasteiger partial charge in [-0.25, -0.2) is 0 Å². The number of aryl methyl sites for hydroxylation is 2. The van der Waals surface area contributed by atoms with Gasteiger partial charge in [-0.3, -0.25) is 0 Å². The molecule has 1 N–H and O–H groups in total. The number of aliphatic hydroxyl groups is 1. The van der Waals surface area contributed by atoms with E-state index in [9.17, 15) is 5.11 Å². The van der Waals surface area contributed by atoms with Crippen LogP contribution in [0.3, 0.4) is 0 Å². The third kappa shape index (κ3) is 15.4. The molecule has 1 heteroatoms. The summed E-state index contributed by atoms with van der Waals surface area (Å²) in [5.74, 6) is 0. The molecular weight excluding hydrogens is 256 g/mol. The summed E-state index contributed by atoms with van der Waals surface area (Å²) in [6.07, 6.45) is 6.99. The minimum Gasteiger partial charge on any atom is -0.390 e. The van der Waals surface area contributed by atoms with E-state index in [1.807, 2.05) is 41.5 Å². The molecule has 1 aromatic carbocycles. The van der Waals surface area contributed by atoms with Crippen LogP contribution in [0.2, 0.25) is 0 Å². The number of unbranched alkanes of at least 4 members (excludes halogenated alkanes) is 3. The lowest BCUT2D eigenvalue weighted by Gasteiger charge is -2.16. The monoisotopic (exact) mass is 294 g/mol. The van der Waals surface area contributed by atoms with Crippen LogP contribution in [0.25, 0.3) is 0 Å². The lowest BCUT2D eigenvalue weighted by atomic mass is 9.99. The molecule has 0 spiro atoms. The highest BCUT2D eigenvalue weighted by molar-refractivity contribution is 5.22.